The van der Waals surface area contributed by atoms with Crippen LogP contribution in [0.5, 0.6) is 0 Å². The Bertz CT molecular complexity index is 1410. The molecular formula is C80H156N4O4. The highest BCUT2D eigenvalue weighted by molar-refractivity contribution is 5.77. The minimum atomic E-state index is 0.159. The average molecular weight is 1240 g/mol. The molecule has 0 aromatic carbocycles. The fourth-order valence-electron chi connectivity index (χ4n) is 14.4. The van der Waals surface area contributed by atoms with Gasteiger partial charge in [0.1, 0.15) is 0 Å². The van der Waals surface area contributed by atoms with E-state index in [0.29, 0.717) is 51.9 Å². The predicted molar refractivity (Wildman–Crippen MR) is 384 cm³/mol. The molecule has 520 valence electrons. The molecule has 0 heterocycles. The maximum Gasteiger partial charge on any atom is 0.219 e. The van der Waals surface area contributed by atoms with Crippen molar-refractivity contribution in [1.29, 1.82) is 0 Å². The molecule has 8 nitrogen and oxygen atoms in total. The van der Waals surface area contributed by atoms with E-state index in [9.17, 15) is 19.2 Å². The highest BCUT2D eigenvalue weighted by atomic mass is 16.2. The van der Waals surface area contributed by atoms with Gasteiger partial charge in [-0.15, -0.1) is 0 Å². The number of hydrogen-bond acceptors (Lipinski definition) is 4. The van der Waals surface area contributed by atoms with E-state index in [1.165, 1.54) is 295 Å². The lowest BCUT2D eigenvalue weighted by Crippen LogP contribution is -2.32. The van der Waals surface area contributed by atoms with Crippen molar-refractivity contribution in [2.24, 2.45) is 35.5 Å². The van der Waals surface area contributed by atoms with Crippen molar-refractivity contribution < 1.29 is 19.2 Å². The van der Waals surface area contributed by atoms with Gasteiger partial charge in [0, 0.05) is 51.9 Å². The number of unbranched alkanes of at least 4 members (excludes halogenated alkanes) is 40. The van der Waals surface area contributed by atoms with Crippen LogP contribution in [0.4, 0.5) is 0 Å². The maximum atomic E-state index is 12.8. The molecule has 0 aromatic rings. The summed E-state index contributed by atoms with van der Waals surface area (Å²) in [5.74, 6) is 5.79. The zero-order valence-electron chi connectivity index (χ0n) is 60.4. The quantitative estimate of drug-likeness (QED) is 0.0454. The van der Waals surface area contributed by atoms with Crippen LogP contribution in [0.25, 0.3) is 0 Å². The first-order valence-corrected chi connectivity index (χ1v) is 40.1. The minimum absolute atomic E-state index is 0.159. The van der Waals surface area contributed by atoms with E-state index in [-0.39, 0.29) is 23.6 Å². The molecule has 0 aliphatic heterocycles. The smallest absolute Gasteiger partial charge is 0.219 e. The van der Waals surface area contributed by atoms with E-state index in [2.05, 4.69) is 62.8 Å². The minimum Gasteiger partial charge on any atom is -0.356 e. The average Bonchev–Trinajstić information content (AvgIpc) is 3.52. The number of hydrogen-bond donors (Lipinski definition) is 4. The Morgan fingerprint density at radius 2 is 0.432 bits per heavy atom. The summed E-state index contributed by atoms with van der Waals surface area (Å²) in [6.45, 7) is 16.5. The molecule has 0 saturated heterocycles. The lowest BCUT2D eigenvalue weighted by atomic mass is 9.63. The van der Waals surface area contributed by atoms with Crippen LogP contribution in [-0.2, 0) is 19.2 Å². The van der Waals surface area contributed by atoms with Gasteiger partial charge < -0.3 is 21.3 Å². The highest BCUT2D eigenvalue weighted by Crippen LogP contribution is 2.46. The van der Waals surface area contributed by atoms with Gasteiger partial charge in [-0.2, -0.15) is 0 Å². The van der Waals surface area contributed by atoms with Crippen molar-refractivity contribution in [1.82, 2.24) is 21.3 Å². The Kier molecular flexibility index (Phi) is 61.9. The first-order chi connectivity index (χ1) is 43.0. The van der Waals surface area contributed by atoms with Gasteiger partial charge in [0.15, 0.2) is 0 Å². The first-order valence-electron chi connectivity index (χ1n) is 40.1. The van der Waals surface area contributed by atoms with Crippen molar-refractivity contribution in [3.05, 3.63) is 0 Å². The van der Waals surface area contributed by atoms with Crippen LogP contribution >= 0.6 is 0 Å². The molecule has 0 spiro atoms. The van der Waals surface area contributed by atoms with Crippen LogP contribution in [0.1, 0.15) is 427 Å². The van der Waals surface area contributed by atoms with Crippen molar-refractivity contribution in [2.75, 3.05) is 26.2 Å². The van der Waals surface area contributed by atoms with Gasteiger partial charge in [0.25, 0.3) is 0 Å². The normalized spacial score (nSPS) is 16.0. The number of amides is 4. The molecule has 4 amide bonds. The predicted octanol–water partition coefficient (Wildman–Crippen LogP) is 23.7. The topological polar surface area (TPSA) is 116 Å². The molecule has 8 heteroatoms. The van der Waals surface area contributed by atoms with Crippen molar-refractivity contribution in [3.8, 4) is 0 Å². The van der Waals surface area contributed by atoms with E-state index in [1.807, 2.05) is 0 Å². The number of carbonyl (C=O) groups excluding carboxylic acids is 4. The van der Waals surface area contributed by atoms with Gasteiger partial charge in [-0.1, -0.05) is 350 Å². The molecule has 1 aliphatic rings. The summed E-state index contributed by atoms with van der Waals surface area (Å²) >= 11 is 0. The molecule has 4 N–H and O–H groups in total. The fraction of sp³-hybridized carbons (Fsp3) is 0.950. The van der Waals surface area contributed by atoms with Crippen molar-refractivity contribution in [3.63, 3.8) is 0 Å². The SMILES string of the molecule is CCCCCCCCC1CC(CCCCCCC(=O)NCCCNC(=O)CCCCCCCCCCCCCCCC(C)C)C(CCCCCCC(=O)NCCCNC(=O)CCCCCCCCCCCCCCCC(C)C)CC1CCCCCCCC. The van der Waals surface area contributed by atoms with Crippen molar-refractivity contribution >= 4 is 23.6 Å². The molecule has 1 aliphatic carbocycles. The summed E-state index contributed by atoms with van der Waals surface area (Å²) in [6.07, 6.45) is 75.6. The maximum absolute atomic E-state index is 12.8. The van der Waals surface area contributed by atoms with Crippen molar-refractivity contribution in [2.45, 2.75) is 427 Å². The lowest BCUT2D eigenvalue weighted by Gasteiger charge is -2.42. The first kappa shape index (κ1) is 83.9. The van der Waals surface area contributed by atoms with E-state index in [4.69, 9.17) is 0 Å². The van der Waals surface area contributed by atoms with Crippen LogP contribution in [-0.4, -0.2) is 49.8 Å². The van der Waals surface area contributed by atoms with E-state index in [0.717, 1.165) is 99.7 Å². The molecule has 0 aromatic heterocycles. The second kappa shape index (κ2) is 65.0. The van der Waals surface area contributed by atoms with Crippen LogP contribution in [0.15, 0.2) is 0 Å². The Morgan fingerprint density at radius 3 is 0.636 bits per heavy atom. The van der Waals surface area contributed by atoms with E-state index >= 15 is 0 Å². The Morgan fingerprint density at radius 1 is 0.250 bits per heavy atom. The van der Waals surface area contributed by atoms with Gasteiger partial charge in [-0.05, 0) is 86.9 Å². The van der Waals surface area contributed by atoms with Gasteiger partial charge >= 0.3 is 0 Å². The number of rotatable bonds is 68. The second-order valence-electron chi connectivity index (χ2n) is 29.7. The van der Waals surface area contributed by atoms with E-state index in [1.54, 1.807) is 0 Å². The van der Waals surface area contributed by atoms with Gasteiger partial charge in [-0.25, -0.2) is 0 Å². The molecule has 1 saturated carbocycles. The molecule has 1 rings (SSSR count). The summed E-state index contributed by atoms with van der Waals surface area (Å²) in [5.41, 5.74) is 0. The third-order valence-electron chi connectivity index (χ3n) is 20.2. The monoisotopic (exact) mass is 1240 g/mol. The molecule has 0 bridgehead atoms. The van der Waals surface area contributed by atoms with E-state index < -0.39 is 0 Å². The number of carbonyl (C=O) groups is 4. The lowest BCUT2D eigenvalue weighted by molar-refractivity contribution is -0.122. The molecule has 0 radical (unpaired) electrons. The zero-order valence-corrected chi connectivity index (χ0v) is 60.4. The van der Waals surface area contributed by atoms with Crippen LogP contribution in [0, 0.1) is 35.5 Å². The summed E-state index contributed by atoms with van der Waals surface area (Å²) in [5, 5.41) is 12.4. The van der Waals surface area contributed by atoms with Gasteiger partial charge in [0.2, 0.25) is 23.6 Å². The molecule has 4 unspecified atom stereocenters. The van der Waals surface area contributed by atoms with Gasteiger partial charge in [0.05, 0.1) is 0 Å². The summed E-state index contributed by atoms with van der Waals surface area (Å²) in [7, 11) is 0. The number of nitrogens with one attached hydrogen (secondary N) is 4. The third kappa shape index (κ3) is 57.8. The van der Waals surface area contributed by atoms with Crippen LogP contribution < -0.4 is 21.3 Å². The summed E-state index contributed by atoms with van der Waals surface area (Å²) in [4.78, 5) is 50.3. The highest BCUT2D eigenvalue weighted by Gasteiger charge is 2.36. The molecular weight excluding hydrogens is 1080 g/mol. The zero-order chi connectivity index (χ0) is 63.9. The van der Waals surface area contributed by atoms with Gasteiger partial charge in [-0.3, -0.25) is 19.2 Å². The largest absolute Gasteiger partial charge is 0.356 e. The molecule has 1 fully saturated rings. The van der Waals surface area contributed by atoms with Crippen LogP contribution in [0.2, 0.25) is 0 Å². The Hall–Kier alpha value is -2.12. The Balaban J connectivity index is 2.35. The standard InChI is InChI=1S/C80H156N4O4/c1-7-9-11-13-35-45-57-73-69-75(59-47-39-41-51-63-79(87)83-67-53-65-81-77(85)61-49-37-31-27-23-19-15-17-21-25-29-33-43-55-71(3)4)76(70-74(73)58-46-36-14-12-10-8-2)60-48-40-42-52-64-80(88)84-68-54-66-82-78(86)62-50-38-32-28-24-20-16-18-22-26-30-34-44-56-72(5)6/h71-76H,7-70H2,1-6H3,(H,81,85)(H,82,86)(H,83,87)(H,84,88). The summed E-state index contributed by atoms with van der Waals surface area (Å²) < 4.78 is 0. The molecule has 4 atom stereocenters. The fourth-order valence-corrected chi connectivity index (χ4v) is 14.4. The molecule has 88 heavy (non-hydrogen) atoms. The third-order valence-corrected chi connectivity index (χ3v) is 20.2. The second-order valence-corrected chi connectivity index (χ2v) is 29.7. The van der Waals surface area contributed by atoms with Crippen LogP contribution in [0.3, 0.4) is 0 Å². The Labute approximate surface area is 549 Å². The summed E-state index contributed by atoms with van der Waals surface area (Å²) in [6, 6.07) is 0.